The molecule has 0 radical (unpaired) electrons. The van der Waals surface area contributed by atoms with Crippen LogP contribution in [0.2, 0.25) is 0 Å². The molecule has 0 aromatic carbocycles. The van der Waals surface area contributed by atoms with Gasteiger partial charge in [0.2, 0.25) is 0 Å². The summed E-state index contributed by atoms with van der Waals surface area (Å²) in [5, 5.41) is 3.41. The zero-order chi connectivity index (χ0) is 10.4. The van der Waals surface area contributed by atoms with Crippen molar-refractivity contribution in [3.8, 4) is 0 Å². The van der Waals surface area contributed by atoms with E-state index >= 15 is 0 Å². The summed E-state index contributed by atoms with van der Waals surface area (Å²) in [6.45, 7) is 11.0. The molecular formula is C11H23NO2. The lowest BCUT2D eigenvalue weighted by atomic mass is 9.92. The summed E-state index contributed by atoms with van der Waals surface area (Å²) in [5.74, 6) is 0. The molecule has 14 heavy (non-hydrogen) atoms. The summed E-state index contributed by atoms with van der Waals surface area (Å²) < 4.78 is 10.8. The summed E-state index contributed by atoms with van der Waals surface area (Å²) in [6, 6.07) is 0. The molecule has 0 spiro atoms. The van der Waals surface area contributed by atoms with Crippen LogP contribution < -0.4 is 5.32 Å². The van der Waals surface area contributed by atoms with Crippen LogP contribution in [0.1, 0.15) is 27.2 Å². The molecule has 1 aliphatic heterocycles. The summed E-state index contributed by atoms with van der Waals surface area (Å²) in [6.07, 6.45) is 1.45. The van der Waals surface area contributed by atoms with E-state index in [2.05, 4.69) is 26.1 Å². The van der Waals surface area contributed by atoms with Gasteiger partial charge < -0.3 is 14.8 Å². The normalized spacial score (nSPS) is 23.8. The van der Waals surface area contributed by atoms with Crippen molar-refractivity contribution in [1.82, 2.24) is 5.32 Å². The highest BCUT2D eigenvalue weighted by Gasteiger charge is 2.14. The predicted octanol–water partition coefficient (Wildman–Crippen LogP) is 1.43. The molecule has 1 N–H and O–H groups in total. The first kappa shape index (κ1) is 12.0. The van der Waals surface area contributed by atoms with Gasteiger partial charge in [0, 0.05) is 6.54 Å². The smallest absolute Gasteiger partial charge is 0.0933 e. The van der Waals surface area contributed by atoms with Crippen LogP contribution in [0.25, 0.3) is 0 Å². The minimum atomic E-state index is 0.253. The lowest BCUT2D eigenvalue weighted by Crippen LogP contribution is -2.38. The van der Waals surface area contributed by atoms with E-state index in [1.54, 1.807) is 0 Å². The van der Waals surface area contributed by atoms with E-state index in [0.29, 0.717) is 5.41 Å². The van der Waals surface area contributed by atoms with Gasteiger partial charge in [-0.3, -0.25) is 0 Å². The van der Waals surface area contributed by atoms with Gasteiger partial charge in [-0.15, -0.1) is 0 Å². The molecule has 3 nitrogen and oxygen atoms in total. The molecule has 1 fully saturated rings. The molecule has 0 aliphatic carbocycles. The van der Waals surface area contributed by atoms with Crippen LogP contribution in [0.15, 0.2) is 0 Å². The van der Waals surface area contributed by atoms with Crippen LogP contribution in [-0.2, 0) is 9.47 Å². The summed E-state index contributed by atoms with van der Waals surface area (Å²) in [5.41, 5.74) is 0.414. The van der Waals surface area contributed by atoms with Crippen molar-refractivity contribution in [2.45, 2.75) is 33.3 Å². The van der Waals surface area contributed by atoms with Gasteiger partial charge in [-0.1, -0.05) is 20.8 Å². The van der Waals surface area contributed by atoms with Gasteiger partial charge in [-0.05, 0) is 18.4 Å². The highest BCUT2D eigenvalue weighted by Crippen LogP contribution is 2.16. The molecule has 1 heterocycles. The van der Waals surface area contributed by atoms with Crippen LogP contribution in [0.5, 0.6) is 0 Å². The maximum absolute atomic E-state index is 5.52. The quantitative estimate of drug-likeness (QED) is 0.698. The fraction of sp³-hybridized carbons (Fsp3) is 1.00. The number of rotatable bonds is 4. The summed E-state index contributed by atoms with van der Waals surface area (Å²) >= 11 is 0. The molecule has 0 amide bonds. The lowest BCUT2D eigenvalue weighted by molar-refractivity contribution is -0.0863. The second-order valence-corrected chi connectivity index (χ2v) is 5.08. The van der Waals surface area contributed by atoms with E-state index in [1.807, 2.05) is 0 Å². The Bertz CT molecular complexity index is 148. The standard InChI is InChI=1S/C11H23NO2/c1-11(2,3)4-5-12-8-10-9-13-6-7-14-10/h10,12H,4-9H2,1-3H3. The van der Waals surface area contributed by atoms with Crippen molar-refractivity contribution in [3.63, 3.8) is 0 Å². The van der Waals surface area contributed by atoms with Crippen molar-refractivity contribution < 1.29 is 9.47 Å². The average Bonchev–Trinajstić information content (AvgIpc) is 2.13. The first-order chi connectivity index (χ1) is 6.58. The molecule has 0 aromatic rings. The third kappa shape index (κ3) is 5.58. The summed E-state index contributed by atoms with van der Waals surface area (Å²) in [7, 11) is 0. The third-order valence-corrected chi connectivity index (χ3v) is 2.31. The monoisotopic (exact) mass is 201 g/mol. The Morgan fingerprint density at radius 3 is 2.64 bits per heavy atom. The zero-order valence-electron chi connectivity index (χ0n) is 9.64. The largest absolute Gasteiger partial charge is 0.376 e. The Morgan fingerprint density at radius 1 is 1.29 bits per heavy atom. The lowest BCUT2D eigenvalue weighted by Gasteiger charge is -2.24. The van der Waals surface area contributed by atoms with Crippen LogP contribution in [-0.4, -0.2) is 39.0 Å². The van der Waals surface area contributed by atoms with Crippen molar-refractivity contribution in [1.29, 1.82) is 0 Å². The van der Waals surface area contributed by atoms with Gasteiger partial charge in [0.05, 0.1) is 25.9 Å². The maximum Gasteiger partial charge on any atom is 0.0933 e. The van der Waals surface area contributed by atoms with Gasteiger partial charge in [0.15, 0.2) is 0 Å². The van der Waals surface area contributed by atoms with Crippen LogP contribution in [0, 0.1) is 5.41 Å². The van der Waals surface area contributed by atoms with E-state index in [1.165, 1.54) is 6.42 Å². The maximum atomic E-state index is 5.52. The van der Waals surface area contributed by atoms with Gasteiger partial charge >= 0.3 is 0 Å². The Kier molecular flexibility index (Phi) is 4.85. The van der Waals surface area contributed by atoms with E-state index in [9.17, 15) is 0 Å². The van der Waals surface area contributed by atoms with E-state index in [-0.39, 0.29) is 6.10 Å². The SMILES string of the molecule is CC(C)(C)CCNCC1COCCO1. The van der Waals surface area contributed by atoms with Crippen LogP contribution >= 0.6 is 0 Å². The Balaban J connectivity index is 1.97. The highest BCUT2D eigenvalue weighted by molar-refractivity contribution is 4.67. The Hall–Kier alpha value is -0.120. The number of hydrogen-bond donors (Lipinski definition) is 1. The number of hydrogen-bond acceptors (Lipinski definition) is 3. The van der Waals surface area contributed by atoms with E-state index in [0.717, 1.165) is 32.9 Å². The highest BCUT2D eigenvalue weighted by atomic mass is 16.6. The zero-order valence-corrected chi connectivity index (χ0v) is 9.64. The Morgan fingerprint density at radius 2 is 2.07 bits per heavy atom. The average molecular weight is 201 g/mol. The molecule has 0 saturated carbocycles. The molecule has 0 bridgehead atoms. The first-order valence-electron chi connectivity index (χ1n) is 5.48. The molecule has 1 aliphatic rings. The van der Waals surface area contributed by atoms with Crippen molar-refractivity contribution in [3.05, 3.63) is 0 Å². The minimum absolute atomic E-state index is 0.253. The van der Waals surface area contributed by atoms with Crippen molar-refractivity contribution in [2.24, 2.45) is 5.41 Å². The fourth-order valence-corrected chi connectivity index (χ4v) is 1.38. The van der Waals surface area contributed by atoms with E-state index in [4.69, 9.17) is 9.47 Å². The summed E-state index contributed by atoms with van der Waals surface area (Å²) in [4.78, 5) is 0. The van der Waals surface area contributed by atoms with Gasteiger partial charge in [-0.25, -0.2) is 0 Å². The molecule has 1 saturated heterocycles. The topological polar surface area (TPSA) is 30.5 Å². The third-order valence-electron chi connectivity index (χ3n) is 2.31. The van der Waals surface area contributed by atoms with Gasteiger partial charge in [-0.2, -0.15) is 0 Å². The van der Waals surface area contributed by atoms with Crippen molar-refractivity contribution >= 4 is 0 Å². The molecule has 1 atom stereocenters. The molecular weight excluding hydrogens is 178 g/mol. The van der Waals surface area contributed by atoms with Crippen molar-refractivity contribution in [2.75, 3.05) is 32.9 Å². The molecule has 1 rings (SSSR count). The van der Waals surface area contributed by atoms with Gasteiger partial charge in [0.1, 0.15) is 0 Å². The minimum Gasteiger partial charge on any atom is -0.376 e. The number of ether oxygens (including phenoxy) is 2. The molecule has 0 aromatic heterocycles. The van der Waals surface area contributed by atoms with E-state index < -0.39 is 0 Å². The van der Waals surface area contributed by atoms with Crippen LogP contribution in [0.3, 0.4) is 0 Å². The molecule has 1 unspecified atom stereocenters. The fourth-order valence-electron chi connectivity index (χ4n) is 1.38. The molecule has 84 valence electrons. The Labute approximate surface area is 87.2 Å². The molecule has 3 heteroatoms. The second-order valence-electron chi connectivity index (χ2n) is 5.08. The van der Waals surface area contributed by atoms with Gasteiger partial charge in [0.25, 0.3) is 0 Å². The second kappa shape index (κ2) is 5.69. The van der Waals surface area contributed by atoms with Crippen LogP contribution in [0.4, 0.5) is 0 Å². The first-order valence-corrected chi connectivity index (χ1v) is 5.48. The number of nitrogens with one attached hydrogen (secondary N) is 1. The predicted molar refractivity (Wildman–Crippen MR) is 57.5 cm³/mol.